The molecule has 1 saturated heterocycles. The summed E-state index contributed by atoms with van der Waals surface area (Å²) in [6, 6.07) is 10.1. The summed E-state index contributed by atoms with van der Waals surface area (Å²) in [6.45, 7) is 6.24. The predicted octanol–water partition coefficient (Wildman–Crippen LogP) is 3.41. The zero-order chi connectivity index (χ0) is 19.0. The first-order valence-electron chi connectivity index (χ1n) is 9.16. The zero-order valence-corrected chi connectivity index (χ0v) is 16.3. The van der Waals surface area contributed by atoms with Gasteiger partial charge in [0.2, 0.25) is 0 Å². The standard InChI is InChI=1S/C20H23N3O3S/c1-13(2)19(27)21-9-17-10-23(20(24)26-17)15-6-5-14-11-25-12-16-4-3-7-22(16)18(14)8-15/h3-8,13,17H,9-12H2,1-2H3,(H,21,27)/t17-/m0/s1. The SMILES string of the molecule is CC(C)C(=S)NC[C@H]1CN(c2ccc3c(c2)-n2cccc2COC3)C(=O)O1. The fourth-order valence-corrected chi connectivity index (χ4v) is 3.44. The van der Waals surface area contributed by atoms with Crippen LogP contribution in [0.2, 0.25) is 0 Å². The van der Waals surface area contributed by atoms with Crippen molar-refractivity contribution >= 4 is 29.0 Å². The van der Waals surface area contributed by atoms with E-state index in [2.05, 4.69) is 9.88 Å². The average Bonchev–Trinajstić information content (AvgIpc) is 3.22. The number of benzene rings is 1. The van der Waals surface area contributed by atoms with E-state index in [0.29, 0.717) is 26.3 Å². The maximum absolute atomic E-state index is 12.4. The lowest BCUT2D eigenvalue weighted by atomic mass is 10.1. The number of cyclic esters (lactones) is 1. The number of thiocarbonyl (C=S) groups is 1. The third-order valence-electron chi connectivity index (χ3n) is 4.88. The minimum Gasteiger partial charge on any atom is -0.442 e. The molecule has 3 heterocycles. The van der Waals surface area contributed by atoms with Crippen molar-refractivity contribution in [3.63, 3.8) is 0 Å². The van der Waals surface area contributed by atoms with Gasteiger partial charge in [-0.2, -0.15) is 0 Å². The molecule has 0 spiro atoms. The van der Waals surface area contributed by atoms with Gasteiger partial charge in [0.1, 0.15) is 6.10 Å². The van der Waals surface area contributed by atoms with Crippen molar-refractivity contribution in [2.24, 2.45) is 5.92 Å². The smallest absolute Gasteiger partial charge is 0.414 e. The molecule has 1 N–H and O–H groups in total. The Morgan fingerprint density at radius 2 is 2.19 bits per heavy atom. The van der Waals surface area contributed by atoms with E-state index in [4.69, 9.17) is 21.7 Å². The number of nitrogens with zero attached hydrogens (tertiary/aromatic N) is 2. The molecule has 1 aromatic carbocycles. The summed E-state index contributed by atoms with van der Waals surface area (Å²) < 4.78 is 13.4. The van der Waals surface area contributed by atoms with Gasteiger partial charge in [-0.3, -0.25) is 4.90 Å². The van der Waals surface area contributed by atoms with Gasteiger partial charge in [-0.25, -0.2) is 4.79 Å². The van der Waals surface area contributed by atoms with Crippen LogP contribution >= 0.6 is 12.2 Å². The molecule has 1 fully saturated rings. The third-order valence-corrected chi connectivity index (χ3v) is 5.50. The summed E-state index contributed by atoms with van der Waals surface area (Å²) >= 11 is 5.29. The van der Waals surface area contributed by atoms with E-state index < -0.39 is 0 Å². The van der Waals surface area contributed by atoms with Crippen LogP contribution < -0.4 is 10.2 Å². The van der Waals surface area contributed by atoms with E-state index in [0.717, 1.165) is 27.6 Å². The molecule has 27 heavy (non-hydrogen) atoms. The Morgan fingerprint density at radius 1 is 1.33 bits per heavy atom. The Labute approximate surface area is 164 Å². The van der Waals surface area contributed by atoms with E-state index in [1.54, 1.807) is 4.90 Å². The number of carbonyl (C=O) groups excluding carboxylic acids is 1. The van der Waals surface area contributed by atoms with Gasteiger partial charge in [-0.15, -0.1) is 0 Å². The van der Waals surface area contributed by atoms with Crippen LogP contribution in [0.3, 0.4) is 0 Å². The van der Waals surface area contributed by atoms with E-state index in [1.165, 1.54) is 0 Å². The molecule has 6 nitrogen and oxygen atoms in total. The van der Waals surface area contributed by atoms with Crippen molar-refractivity contribution in [3.05, 3.63) is 47.8 Å². The lowest BCUT2D eigenvalue weighted by molar-refractivity contribution is 0.108. The number of hydrogen-bond donors (Lipinski definition) is 1. The molecule has 2 aliphatic rings. The van der Waals surface area contributed by atoms with E-state index in [9.17, 15) is 4.79 Å². The minimum absolute atomic E-state index is 0.224. The minimum atomic E-state index is -0.324. The molecule has 1 amide bonds. The van der Waals surface area contributed by atoms with Crippen LogP contribution in [0.15, 0.2) is 36.5 Å². The van der Waals surface area contributed by atoms with Crippen LogP contribution in [0.5, 0.6) is 0 Å². The van der Waals surface area contributed by atoms with Crippen molar-refractivity contribution in [1.29, 1.82) is 0 Å². The highest BCUT2D eigenvalue weighted by Crippen LogP contribution is 2.29. The number of rotatable bonds is 4. The van der Waals surface area contributed by atoms with Crippen molar-refractivity contribution in [3.8, 4) is 5.69 Å². The number of ether oxygens (including phenoxy) is 2. The summed E-state index contributed by atoms with van der Waals surface area (Å²) in [5.41, 5.74) is 4.07. The van der Waals surface area contributed by atoms with Gasteiger partial charge in [-0.1, -0.05) is 32.1 Å². The number of fused-ring (bicyclic) bond motifs is 3. The third kappa shape index (κ3) is 3.57. The van der Waals surface area contributed by atoms with E-state index >= 15 is 0 Å². The van der Waals surface area contributed by atoms with Gasteiger partial charge in [0, 0.05) is 29.1 Å². The molecule has 7 heteroatoms. The van der Waals surface area contributed by atoms with E-state index in [1.807, 2.05) is 50.4 Å². The number of aromatic nitrogens is 1. The molecule has 1 atom stereocenters. The highest BCUT2D eigenvalue weighted by atomic mass is 32.1. The number of nitrogens with one attached hydrogen (secondary N) is 1. The quantitative estimate of drug-likeness (QED) is 0.818. The van der Waals surface area contributed by atoms with Crippen molar-refractivity contribution < 1.29 is 14.3 Å². The Balaban J connectivity index is 1.53. The Bertz CT molecular complexity index is 877. The van der Waals surface area contributed by atoms with Crippen molar-refractivity contribution in [1.82, 2.24) is 9.88 Å². The van der Waals surface area contributed by atoms with Gasteiger partial charge in [0.15, 0.2) is 0 Å². The summed E-state index contributed by atoms with van der Waals surface area (Å²) in [7, 11) is 0. The van der Waals surface area contributed by atoms with Gasteiger partial charge in [-0.05, 0) is 24.3 Å². The second-order valence-electron chi connectivity index (χ2n) is 7.19. The lowest BCUT2D eigenvalue weighted by Crippen LogP contribution is -2.35. The molecule has 2 aliphatic heterocycles. The fourth-order valence-electron chi connectivity index (χ4n) is 3.36. The van der Waals surface area contributed by atoms with Gasteiger partial charge in [0.25, 0.3) is 0 Å². The highest BCUT2D eigenvalue weighted by molar-refractivity contribution is 7.80. The number of carbonyl (C=O) groups is 1. The molecule has 2 aromatic rings. The monoisotopic (exact) mass is 385 g/mol. The van der Waals surface area contributed by atoms with Gasteiger partial charge in [0.05, 0.1) is 37.0 Å². The van der Waals surface area contributed by atoms with Gasteiger partial charge >= 0.3 is 6.09 Å². The predicted molar refractivity (Wildman–Crippen MR) is 107 cm³/mol. The lowest BCUT2D eigenvalue weighted by Gasteiger charge is -2.17. The highest BCUT2D eigenvalue weighted by Gasteiger charge is 2.33. The molecule has 4 rings (SSSR count). The number of anilines is 1. The maximum atomic E-state index is 12.4. The Kier molecular flexibility index (Phi) is 4.88. The molecule has 0 radical (unpaired) electrons. The largest absolute Gasteiger partial charge is 0.442 e. The molecule has 0 aliphatic carbocycles. The Morgan fingerprint density at radius 3 is 3.00 bits per heavy atom. The maximum Gasteiger partial charge on any atom is 0.414 e. The molecule has 0 saturated carbocycles. The first-order valence-corrected chi connectivity index (χ1v) is 9.57. The summed E-state index contributed by atoms with van der Waals surface area (Å²) in [6.07, 6.45) is 1.47. The first-order chi connectivity index (χ1) is 13.0. The molecule has 142 valence electrons. The zero-order valence-electron chi connectivity index (χ0n) is 15.5. The van der Waals surface area contributed by atoms with E-state index in [-0.39, 0.29) is 18.1 Å². The van der Waals surface area contributed by atoms with Crippen LogP contribution in [-0.2, 0) is 22.7 Å². The molecule has 0 bridgehead atoms. The van der Waals surface area contributed by atoms with Gasteiger partial charge < -0.3 is 19.4 Å². The summed E-state index contributed by atoms with van der Waals surface area (Å²) in [4.78, 5) is 14.9. The fraction of sp³-hybridized carbons (Fsp3) is 0.400. The van der Waals surface area contributed by atoms with Crippen molar-refractivity contribution in [2.75, 3.05) is 18.0 Å². The summed E-state index contributed by atoms with van der Waals surface area (Å²) in [5.74, 6) is 0.274. The van der Waals surface area contributed by atoms with Crippen LogP contribution in [-0.4, -0.2) is 34.8 Å². The molecular weight excluding hydrogens is 362 g/mol. The van der Waals surface area contributed by atoms with Crippen LogP contribution in [0.1, 0.15) is 25.1 Å². The van der Waals surface area contributed by atoms with Crippen LogP contribution in [0.25, 0.3) is 5.69 Å². The second-order valence-corrected chi connectivity index (χ2v) is 7.63. The Hall–Kier alpha value is -2.38. The first kappa shape index (κ1) is 18.0. The molecule has 1 aromatic heterocycles. The second kappa shape index (κ2) is 7.32. The topological polar surface area (TPSA) is 55.7 Å². The van der Waals surface area contributed by atoms with Crippen LogP contribution in [0.4, 0.5) is 10.5 Å². The van der Waals surface area contributed by atoms with Crippen LogP contribution in [0, 0.1) is 5.92 Å². The number of hydrogen-bond acceptors (Lipinski definition) is 4. The normalized spacial score (nSPS) is 18.7. The molecular formula is C20H23N3O3S. The summed E-state index contributed by atoms with van der Waals surface area (Å²) in [5, 5.41) is 3.19. The molecule has 0 unspecified atom stereocenters. The van der Waals surface area contributed by atoms with Crippen molar-refractivity contribution in [2.45, 2.75) is 33.2 Å². The average molecular weight is 385 g/mol. The number of amides is 1.